The molecule has 0 radical (unpaired) electrons. The van der Waals surface area contributed by atoms with E-state index >= 15 is 0 Å². The van der Waals surface area contributed by atoms with Crippen LogP contribution in [0, 0.1) is 6.92 Å². The fourth-order valence-electron chi connectivity index (χ4n) is 2.39. The summed E-state index contributed by atoms with van der Waals surface area (Å²) in [7, 11) is 1.48. The van der Waals surface area contributed by atoms with Crippen molar-refractivity contribution in [1.82, 2.24) is 4.98 Å². The van der Waals surface area contributed by atoms with Crippen LogP contribution in [-0.2, 0) is 4.79 Å². The van der Waals surface area contributed by atoms with Gasteiger partial charge < -0.3 is 9.47 Å². The number of benzene rings is 2. The Kier molecular flexibility index (Phi) is 5.18. The van der Waals surface area contributed by atoms with Gasteiger partial charge in [-0.1, -0.05) is 17.4 Å². The zero-order valence-corrected chi connectivity index (χ0v) is 15.5. The number of carbonyl (C=O) groups excluding carboxylic acids is 2. The van der Waals surface area contributed by atoms with Crippen molar-refractivity contribution in [1.29, 1.82) is 0 Å². The first-order chi connectivity index (χ1) is 12.5. The number of ketones is 1. The molecule has 0 saturated heterocycles. The van der Waals surface area contributed by atoms with Gasteiger partial charge in [0.15, 0.2) is 29.0 Å². The molecule has 1 N–H and O–H groups in total. The molecule has 6 nitrogen and oxygen atoms in total. The van der Waals surface area contributed by atoms with Crippen molar-refractivity contribution < 1.29 is 19.1 Å². The number of ether oxygens (including phenoxy) is 2. The summed E-state index contributed by atoms with van der Waals surface area (Å²) in [6.07, 6.45) is 0. The van der Waals surface area contributed by atoms with Crippen molar-refractivity contribution >= 4 is 38.4 Å². The fourth-order valence-corrected chi connectivity index (χ4v) is 3.37. The van der Waals surface area contributed by atoms with Crippen molar-refractivity contribution in [3.8, 4) is 11.5 Å². The highest BCUT2D eigenvalue weighted by molar-refractivity contribution is 7.22. The summed E-state index contributed by atoms with van der Waals surface area (Å²) >= 11 is 1.41. The molecule has 0 bridgehead atoms. The maximum absolute atomic E-state index is 12.1. The lowest BCUT2D eigenvalue weighted by molar-refractivity contribution is -0.118. The lowest BCUT2D eigenvalue weighted by Crippen LogP contribution is -2.20. The number of Topliss-reactive ketones (excluding diaryl/α,β-unsaturated/α-hetero) is 1. The Morgan fingerprint density at radius 1 is 1.15 bits per heavy atom. The van der Waals surface area contributed by atoms with Crippen LogP contribution >= 0.6 is 11.3 Å². The summed E-state index contributed by atoms with van der Waals surface area (Å²) in [6, 6.07) is 10.8. The first kappa shape index (κ1) is 17.9. The highest BCUT2D eigenvalue weighted by atomic mass is 32.1. The molecule has 3 rings (SSSR count). The molecule has 0 aliphatic heterocycles. The summed E-state index contributed by atoms with van der Waals surface area (Å²) in [4.78, 5) is 27.9. The van der Waals surface area contributed by atoms with Gasteiger partial charge in [-0.2, -0.15) is 0 Å². The number of hydrogen-bond acceptors (Lipinski definition) is 6. The summed E-state index contributed by atoms with van der Waals surface area (Å²) in [5.41, 5.74) is 2.50. The average Bonchev–Trinajstić information content (AvgIpc) is 3.00. The molecule has 0 atom stereocenters. The van der Waals surface area contributed by atoms with E-state index in [1.807, 2.05) is 25.1 Å². The molecule has 7 heteroatoms. The fraction of sp³-hybridized carbons (Fsp3) is 0.211. The van der Waals surface area contributed by atoms with Crippen LogP contribution in [0.5, 0.6) is 11.5 Å². The standard InChI is InChI=1S/C19H18N2O4S/c1-11-4-6-14-17(8-11)26-19(20-14)21-18(23)10-25-15-7-5-13(12(2)22)9-16(15)24-3/h4-9H,10H2,1-3H3,(H,20,21,23). The molecule has 0 saturated carbocycles. The van der Waals surface area contributed by atoms with Crippen LogP contribution in [0.4, 0.5) is 5.13 Å². The van der Waals surface area contributed by atoms with Crippen LogP contribution < -0.4 is 14.8 Å². The van der Waals surface area contributed by atoms with Gasteiger partial charge in [0.1, 0.15) is 0 Å². The van der Waals surface area contributed by atoms with Gasteiger partial charge >= 0.3 is 0 Å². The Labute approximate surface area is 154 Å². The van der Waals surface area contributed by atoms with E-state index in [9.17, 15) is 9.59 Å². The number of aromatic nitrogens is 1. The summed E-state index contributed by atoms with van der Waals surface area (Å²) in [5.74, 6) is 0.408. The van der Waals surface area contributed by atoms with E-state index in [2.05, 4.69) is 10.3 Å². The molecule has 0 unspecified atom stereocenters. The largest absolute Gasteiger partial charge is 0.493 e. The average molecular weight is 370 g/mol. The van der Waals surface area contributed by atoms with Gasteiger partial charge in [-0.05, 0) is 49.7 Å². The van der Waals surface area contributed by atoms with E-state index < -0.39 is 0 Å². The second kappa shape index (κ2) is 7.53. The molecule has 26 heavy (non-hydrogen) atoms. The molecule has 0 spiro atoms. The summed E-state index contributed by atoms with van der Waals surface area (Å²) < 4.78 is 11.8. The van der Waals surface area contributed by atoms with Gasteiger partial charge in [-0.25, -0.2) is 4.98 Å². The van der Waals surface area contributed by atoms with E-state index in [1.165, 1.54) is 25.4 Å². The van der Waals surface area contributed by atoms with Gasteiger partial charge in [0, 0.05) is 5.56 Å². The predicted octanol–water partition coefficient (Wildman–Crippen LogP) is 3.83. The van der Waals surface area contributed by atoms with Crippen molar-refractivity contribution in [2.24, 2.45) is 0 Å². The number of nitrogens with one attached hydrogen (secondary N) is 1. The third-order valence-corrected chi connectivity index (χ3v) is 4.65. The van der Waals surface area contributed by atoms with Crippen LogP contribution in [0.15, 0.2) is 36.4 Å². The monoisotopic (exact) mass is 370 g/mol. The topological polar surface area (TPSA) is 77.5 Å². The minimum Gasteiger partial charge on any atom is -0.493 e. The number of aryl methyl sites for hydroxylation is 1. The highest BCUT2D eigenvalue weighted by Crippen LogP contribution is 2.29. The maximum atomic E-state index is 12.1. The zero-order valence-electron chi connectivity index (χ0n) is 14.7. The molecule has 0 aliphatic carbocycles. The van der Waals surface area contributed by atoms with E-state index in [-0.39, 0.29) is 18.3 Å². The van der Waals surface area contributed by atoms with Crippen LogP contribution in [0.1, 0.15) is 22.8 Å². The second-order valence-electron chi connectivity index (χ2n) is 5.75. The Bertz CT molecular complexity index is 981. The SMILES string of the molecule is COc1cc(C(C)=O)ccc1OCC(=O)Nc1nc2ccc(C)cc2s1. The van der Waals surface area contributed by atoms with E-state index in [0.717, 1.165) is 15.8 Å². The lowest BCUT2D eigenvalue weighted by Gasteiger charge is -2.11. The normalized spacial score (nSPS) is 10.6. The Balaban J connectivity index is 1.65. The summed E-state index contributed by atoms with van der Waals surface area (Å²) in [6.45, 7) is 3.29. The molecule has 0 aliphatic rings. The quantitative estimate of drug-likeness (QED) is 0.667. The van der Waals surface area contributed by atoms with Gasteiger partial charge in [0.25, 0.3) is 5.91 Å². The molecule has 1 aromatic heterocycles. The van der Waals surface area contributed by atoms with E-state index in [1.54, 1.807) is 18.2 Å². The number of carbonyl (C=O) groups is 2. The molecule has 0 fully saturated rings. The van der Waals surface area contributed by atoms with Crippen molar-refractivity contribution in [2.45, 2.75) is 13.8 Å². The number of methoxy groups -OCH3 is 1. The van der Waals surface area contributed by atoms with E-state index in [0.29, 0.717) is 22.2 Å². The molecule has 2 aromatic carbocycles. The van der Waals surface area contributed by atoms with E-state index in [4.69, 9.17) is 9.47 Å². The first-order valence-corrected chi connectivity index (χ1v) is 8.76. The molecule has 1 amide bonds. The Hall–Kier alpha value is -2.93. The molecule has 3 aromatic rings. The minimum absolute atomic E-state index is 0.0707. The van der Waals surface area contributed by atoms with Gasteiger partial charge in [0.2, 0.25) is 0 Å². The predicted molar refractivity (Wildman–Crippen MR) is 101 cm³/mol. The number of amides is 1. The summed E-state index contributed by atoms with van der Waals surface area (Å²) in [5, 5.41) is 3.26. The van der Waals surface area contributed by atoms with Crippen LogP contribution in [0.25, 0.3) is 10.2 Å². The first-order valence-electron chi connectivity index (χ1n) is 7.95. The van der Waals surface area contributed by atoms with Crippen molar-refractivity contribution in [2.75, 3.05) is 19.0 Å². The second-order valence-corrected chi connectivity index (χ2v) is 6.78. The maximum Gasteiger partial charge on any atom is 0.264 e. The number of anilines is 1. The third kappa shape index (κ3) is 4.00. The van der Waals surface area contributed by atoms with Crippen molar-refractivity contribution in [3.63, 3.8) is 0 Å². The lowest BCUT2D eigenvalue weighted by atomic mass is 10.1. The van der Waals surface area contributed by atoms with Gasteiger partial charge in [-0.15, -0.1) is 0 Å². The van der Waals surface area contributed by atoms with Gasteiger partial charge in [0.05, 0.1) is 17.3 Å². The zero-order chi connectivity index (χ0) is 18.7. The Morgan fingerprint density at radius 3 is 2.69 bits per heavy atom. The van der Waals surface area contributed by atoms with Gasteiger partial charge in [-0.3, -0.25) is 14.9 Å². The molecule has 1 heterocycles. The minimum atomic E-state index is -0.321. The molecular weight excluding hydrogens is 352 g/mol. The highest BCUT2D eigenvalue weighted by Gasteiger charge is 2.12. The number of rotatable bonds is 6. The smallest absolute Gasteiger partial charge is 0.264 e. The Morgan fingerprint density at radius 2 is 1.96 bits per heavy atom. The number of nitrogens with zero attached hydrogens (tertiary/aromatic N) is 1. The van der Waals surface area contributed by atoms with Crippen LogP contribution in [-0.4, -0.2) is 30.4 Å². The molecular formula is C19H18N2O4S. The van der Waals surface area contributed by atoms with Crippen LogP contribution in [0.2, 0.25) is 0 Å². The molecule has 134 valence electrons. The number of thiazole rings is 1. The van der Waals surface area contributed by atoms with Crippen LogP contribution in [0.3, 0.4) is 0 Å². The number of fused-ring (bicyclic) bond motifs is 1. The van der Waals surface area contributed by atoms with Crippen molar-refractivity contribution in [3.05, 3.63) is 47.5 Å². The number of hydrogen-bond donors (Lipinski definition) is 1. The third-order valence-electron chi connectivity index (χ3n) is 3.72.